The van der Waals surface area contributed by atoms with Crippen molar-refractivity contribution in [3.05, 3.63) is 124 Å². The predicted octanol–water partition coefficient (Wildman–Crippen LogP) is 10.7. The van der Waals surface area contributed by atoms with E-state index in [2.05, 4.69) is 95.1 Å². The summed E-state index contributed by atoms with van der Waals surface area (Å²) in [4.78, 5) is 38.1. The summed E-state index contributed by atoms with van der Waals surface area (Å²) in [7, 11) is -1.92. The van der Waals surface area contributed by atoms with Crippen LogP contribution >= 0.6 is 11.8 Å². The zero-order chi connectivity index (χ0) is 40.7. The molecule has 8 nitrogen and oxygen atoms in total. The SMILES string of the molecule is CC(C)=CCC/C(C)=C/CC/C(C)=C/CSC[C@H](NC(=O)OCC1c2ccccc2-c2ccccc21)C(=O)OCC(c1ccc(OCC(=O)O)cc1)[Si](C)(C)C. The fourth-order valence-corrected chi connectivity index (χ4v) is 9.50. The van der Waals surface area contributed by atoms with Crippen LogP contribution in [0.1, 0.15) is 81.5 Å². The summed E-state index contributed by atoms with van der Waals surface area (Å²) < 4.78 is 17.1. The van der Waals surface area contributed by atoms with Gasteiger partial charge in [-0.25, -0.2) is 14.4 Å². The number of carbonyl (C=O) groups excluding carboxylic acids is 2. The van der Waals surface area contributed by atoms with Crippen LogP contribution in [0.5, 0.6) is 5.75 Å². The second-order valence-electron chi connectivity index (χ2n) is 15.8. The summed E-state index contributed by atoms with van der Waals surface area (Å²) in [5, 5.41) is 11.8. The van der Waals surface area contributed by atoms with Crippen LogP contribution in [0.3, 0.4) is 0 Å². The molecule has 4 rings (SSSR count). The highest BCUT2D eigenvalue weighted by molar-refractivity contribution is 7.99. The van der Waals surface area contributed by atoms with Crippen LogP contribution in [-0.2, 0) is 19.1 Å². The number of benzene rings is 3. The zero-order valence-electron chi connectivity index (χ0n) is 34.1. The molecule has 0 bridgehead atoms. The van der Waals surface area contributed by atoms with Crippen molar-refractivity contribution in [2.24, 2.45) is 0 Å². The molecule has 0 radical (unpaired) electrons. The molecule has 56 heavy (non-hydrogen) atoms. The number of aliphatic carboxylic acids is 1. The molecule has 10 heteroatoms. The van der Waals surface area contributed by atoms with E-state index >= 15 is 0 Å². The largest absolute Gasteiger partial charge is 0.482 e. The van der Waals surface area contributed by atoms with E-state index in [1.807, 2.05) is 36.4 Å². The normalized spacial score (nSPS) is 13.9. The number of alkyl carbamates (subject to hydrolysis) is 1. The Balaban J connectivity index is 1.40. The van der Waals surface area contributed by atoms with E-state index in [1.165, 1.54) is 16.7 Å². The molecule has 0 aromatic heterocycles. The second kappa shape index (κ2) is 21.7. The monoisotopic (exact) mass is 797 g/mol. The van der Waals surface area contributed by atoms with Crippen molar-refractivity contribution in [1.29, 1.82) is 0 Å². The maximum absolute atomic E-state index is 13.8. The van der Waals surface area contributed by atoms with Gasteiger partial charge in [0.1, 0.15) is 18.4 Å². The first-order valence-corrected chi connectivity index (χ1v) is 24.2. The number of esters is 1. The summed E-state index contributed by atoms with van der Waals surface area (Å²) in [5.41, 5.74) is 9.49. The first kappa shape index (κ1) is 44.2. The Labute approximate surface area is 338 Å². The lowest BCUT2D eigenvalue weighted by molar-refractivity contribution is -0.145. The molecule has 1 amide bonds. The molecule has 0 saturated carbocycles. The number of hydrogen-bond acceptors (Lipinski definition) is 7. The number of amides is 1. The molecule has 300 valence electrons. The highest BCUT2D eigenvalue weighted by Crippen LogP contribution is 2.44. The average Bonchev–Trinajstić information content (AvgIpc) is 3.47. The Hall–Kier alpha value is -4.54. The van der Waals surface area contributed by atoms with Crippen LogP contribution < -0.4 is 10.1 Å². The van der Waals surface area contributed by atoms with Gasteiger partial charge in [0, 0.05) is 23.0 Å². The summed E-state index contributed by atoms with van der Waals surface area (Å²) in [6.45, 7) is 15.1. The number of thioether (sulfide) groups is 1. The van der Waals surface area contributed by atoms with Crippen molar-refractivity contribution < 1.29 is 33.7 Å². The van der Waals surface area contributed by atoms with Crippen LogP contribution in [0.25, 0.3) is 11.1 Å². The number of rotatable bonds is 21. The number of hydrogen-bond donors (Lipinski definition) is 2. The standard InChI is InChI=1S/C46H59NO7SSi/c1-32(2)14-12-15-33(3)16-13-17-34(4)26-27-55-31-42(45(50)53-29-43(56(5,6)7)35-22-24-36(25-23-35)52-30-44(48)49)47-46(51)54-28-41-39-20-10-8-18-37(39)38-19-9-11-21-40(38)41/h8-11,14,16,18-26,41-43H,12-13,15,17,27-31H2,1-7H3,(H,47,51)(H,48,49)/b33-16+,34-26+/t42-,43?/m0/s1. The summed E-state index contributed by atoms with van der Waals surface area (Å²) in [6.07, 6.45) is 10.2. The molecule has 3 aromatic carbocycles. The molecule has 0 heterocycles. The summed E-state index contributed by atoms with van der Waals surface area (Å²) in [6, 6.07) is 22.7. The lowest BCUT2D eigenvalue weighted by Crippen LogP contribution is -2.45. The fraction of sp³-hybridized carbons (Fsp3) is 0.413. The van der Waals surface area contributed by atoms with Crippen molar-refractivity contribution >= 4 is 37.9 Å². The Morgan fingerprint density at radius 3 is 1.98 bits per heavy atom. The van der Waals surface area contributed by atoms with E-state index in [1.54, 1.807) is 23.9 Å². The van der Waals surface area contributed by atoms with E-state index in [9.17, 15) is 14.4 Å². The first-order chi connectivity index (χ1) is 26.7. The quantitative estimate of drug-likeness (QED) is 0.0474. The lowest BCUT2D eigenvalue weighted by Gasteiger charge is -2.30. The number of ether oxygens (including phenoxy) is 3. The third-order valence-corrected chi connectivity index (χ3v) is 13.5. The number of allylic oxidation sites excluding steroid dienone is 5. The molecule has 0 aliphatic heterocycles. The van der Waals surface area contributed by atoms with Crippen LogP contribution in [-0.4, -0.2) is 68.6 Å². The molecular weight excluding hydrogens is 739 g/mol. The van der Waals surface area contributed by atoms with Gasteiger partial charge in [-0.3, -0.25) is 0 Å². The molecule has 0 spiro atoms. The van der Waals surface area contributed by atoms with E-state index in [0.29, 0.717) is 17.3 Å². The van der Waals surface area contributed by atoms with E-state index in [0.717, 1.165) is 53.5 Å². The molecule has 1 aliphatic rings. The summed E-state index contributed by atoms with van der Waals surface area (Å²) in [5.74, 6) is -0.183. The Bertz CT molecular complexity index is 1830. The molecule has 2 N–H and O–H groups in total. The van der Waals surface area contributed by atoms with Crippen LogP contribution in [0.4, 0.5) is 4.79 Å². The third kappa shape index (κ3) is 13.9. The number of nitrogens with one attached hydrogen (secondary N) is 1. The number of carboxylic acids is 1. The van der Waals surface area contributed by atoms with Crippen LogP contribution in [0.15, 0.2) is 108 Å². The van der Waals surface area contributed by atoms with Gasteiger partial charge in [-0.1, -0.05) is 115 Å². The maximum Gasteiger partial charge on any atom is 0.407 e. The predicted molar refractivity (Wildman–Crippen MR) is 231 cm³/mol. The maximum atomic E-state index is 13.8. The molecule has 3 aromatic rings. The highest BCUT2D eigenvalue weighted by atomic mass is 32.2. The smallest absolute Gasteiger partial charge is 0.407 e. The van der Waals surface area contributed by atoms with E-state index in [-0.39, 0.29) is 24.7 Å². The van der Waals surface area contributed by atoms with Gasteiger partial charge in [0.25, 0.3) is 0 Å². The zero-order valence-corrected chi connectivity index (χ0v) is 35.9. The van der Waals surface area contributed by atoms with Crippen molar-refractivity contribution in [2.45, 2.75) is 90.5 Å². The average molecular weight is 798 g/mol. The molecule has 1 unspecified atom stereocenters. The van der Waals surface area contributed by atoms with Gasteiger partial charge in [0.15, 0.2) is 6.61 Å². The first-order valence-electron chi connectivity index (χ1n) is 19.5. The molecule has 2 atom stereocenters. The van der Waals surface area contributed by atoms with Gasteiger partial charge in [0.2, 0.25) is 0 Å². The van der Waals surface area contributed by atoms with Crippen LogP contribution in [0, 0.1) is 0 Å². The minimum absolute atomic E-state index is 0.0433. The number of carbonyl (C=O) groups is 3. The minimum atomic E-state index is -1.92. The van der Waals surface area contributed by atoms with Gasteiger partial charge in [0.05, 0.1) is 14.7 Å². The van der Waals surface area contributed by atoms with Crippen molar-refractivity contribution in [1.82, 2.24) is 5.32 Å². The number of fused-ring (bicyclic) bond motifs is 3. The molecule has 1 aliphatic carbocycles. The van der Waals surface area contributed by atoms with Crippen LogP contribution in [0.2, 0.25) is 19.6 Å². The van der Waals surface area contributed by atoms with Crippen molar-refractivity contribution in [2.75, 3.05) is 31.3 Å². The van der Waals surface area contributed by atoms with Gasteiger partial charge in [-0.2, -0.15) is 11.8 Å². The van der Waals surface area contributed by atoms with E-state index < -0.39 is 38.8 Å². The molecular formula is C46H59NO7SSi. The van der Waals surface area contributed by atoms with Crippen molar-refractivity contribution in [3.8, 4) is 16.9 Å². The second-order valence-corrected chi connectivity index (χ2v) is 22.3. The Morgan fingerprint density at radius 1 is 0.804 bits per heavy atom. The topological polar surface area (TPSA) is 111 Å². The Morgan fingerprint density at radius 2 is 1.39 bits per heavy atom. The van der Waals surface area contributed by atoms with Gasteiger partial charge in [-0.15, -0.1) is 0 Å². The molecule has 0 saturated heterocycles. The van der Waals surface area contributed by atoms with Gasteiger partial charge < -0.3 is 24.6 Å². The number of carboxylic acid groups (broad SMARTS) is 1. The van der Waals surface area contributed by atoms with Crippen molar-refractivity contribution in [3.63, 3.8) is 0 Å². The minimum Gasteiger partial charge on any atom is -0.482 e. The van der Waals surface area contributed by atoms with Gasteiger partial charge in [-0.05, 0) is 93.3 Å². The molecule has 0 fully saturated rings. The highest BCUT2D eigenvalue weighted by Gasteiger charge is 2.33. The Kier molecular flexibility index (Phi) is 17.1. The lowest BCUT2D eigenvalue weighted by atomic mass is 9.98. The summed E-state index contributed by atoms with van der Waals surface area (Å²) >= 11 is 1.57. The van der Waals surface area contributed by atoms with Gasteiger partial charge >= 0.3 is 18.0 Å². The third-order valence-electron chi connectivity index (χ3n) is 9.96. The fourth-order valence-electron chi connectivity index (χ4n) is 6.73. The van der Waals surface area contributed by atoms with E-state index in [4.69, 9.17) is 19.3 Å².